The molecule has 0 aliphatic carbocycles. The zero-order chi connectivity index (χ0) is 12.8. The molecule has 0 fully saturated rings. The zero-order valence-corrected chi connectivity index (χ0v) is 11.3. The highest BCUT2D eigenvalue weighted by atomic mass is 35.5. The minimum atomic E-state index is -0.358. The number of aliphatic hydroxyl groups excluding tert-OH is 1. The Kier molecular flexibility index (Phi) is 5.75. The van der Waals surface area contributed by atoms with Gasteiger partial charge >= 0.3 is 0 Å². The van der Waals surface area contributed by atoms with Crippen molar-refractivity contribution < 1.29 is 9.84 Å². The van der Waals surface area contributed by atoms with Gasteiger partial charge in [0.1, 0.15) is 5.75 Å². The minimum absolute atomic E-state index is 0.131. The Hall–Kier alpha value is -0.770. The molecule has 96 valence electrons. The lowest BCUT2D eigenvalue weighted by molar-refractivity contribution is 0.190. The summed E-state index contributed by atoms with van der Waals surface area (Å²) in [6.07, 6.45) is -0.227. The first-order chi connectivity index (χ1) is 7.99. The second-order valence-corrected chi connectivity index (χ2v) is 4.84. The van der Waals surface area contributed by atoms with Crippen LogP contribution in [-0.2, 0) is 6.54 Å². The lowest BCUT2D eigenvalue weighted by Gasteiger charge is -2.15. The Labute approximate surface area is 108 Å². The summed E-state index contributed by atoms with van der Waals surface area (Å²) >= 11 is 5.96. The van der Waals surface area contributed by atoms with E-state index in [2.05, 4.69) is 5.32 Å². The van der Waals surface area contributed by atoms with Gasteiger partial charge in [0.05, 0.1) is 12.2 Å². The number of halogens is 1. The fourth-order valence-corrected chi connectivity index (χ4v) is 1.67. The van der Waals surface area contributed by atoms with Crippen molar-refractivity contribution in [2.75, 3.05) is 6.54 Å². The lowest BCUT2D eigenvalue weighted by Crippen LogP contribution is -2.24. The highest BCUT2D eigenvalue weighted by molar-refractivity contribution is 6.30. The SMILES string of the molecule is CC(O)CNCc1cc(Cl)ccc1OC(C)C. The number of hydrogen-bond donors (Lipinski definition) is 2. The molecule has 1 rings (SSSR count). The Morgan fingerprint density at radius 2 is 2.06 bits per heavy atom. The average Bonchev–Trinajstić information content (AvgIpc) is 2.21. The summed E-state index contributed by atoms with van der Waals surface area (Å²) in [5.41, 5.74) is 1.01. The maximum absolute atomic E-state index is 9.18. The molecule has 2 N–H and O–H groups in total. The maximum Gasteiger partial charge on any atom is 0.124 e. The van der Waals surface area contributed by atoms with Crippen LogP contribution in [0.25, 0.3) is 0 Å². The van der Waals surface area contributed by atoms with E-state index in [4.69, 9.17) is 16.3 Å². The number of hydrogen-bond acceptors (Lipinski definition) is 3. The Balaban J connectivity index is 2.69. The third-order valence-corrected chi connectivity index (χ3v) is 2.38. The van der Waals surface area contributed by atoms with Gasteiger partial charge in [-0.2, -0.15) is 0 Å². The standard InChI is InChI=1S/C13H20ClNO2/c1-9(2)17-13-5-4-12(14)6-11(13)8-15-7-10(3)16/h4-6,9-10,15-16H,7-8H2,1-3H3. The van der Waals surface area contributed by atoms with Crippen LogP contribution in [0.3, 0.4) is 0 Å². The largest absolute Gasteiger partial charge is 0.491 e. The molecule has 3 nitrogen and oxygen atoms in total. The molecule has 1 unspecified atom stereocenters. The molecule has 4 heteroatoms. The number of rotatable bonds is 6. The quantitative estimate of drug-likeness (QED) is 0.823. The van der Waals surface area contributed by atoms with Crippen LogP contribution in [0.4, 0.5) is 0 Å². The van der Waals surface area contributed by atoms with Crippen LogP contribution in [0.5, 0.6) is 5.75 Å². The van der Waals surface area contributed by atoms with Crippen molar-refractivity contribution in [3.8, 4) is 5.75 Å². The summed E-state index contributed by atoms with van der Waals surface area (Å²) in [7, 11) is 0. The third-order valence-electron chi connectivity index (χ3n) is 2.14. The van der Waals surface area contributed by atoms with Crippen molar-refractivity contribution in [1.29, 1.82) is 0 Å². The fraction of sp³-hybridized carbons (Fsp3) is 0.538. The van der Waals surface area contributed by atoms with Crippen molar-refractivity contribution in [3.05, 3.63) is 28.8 Å². The second-order valence-electron chi connectivity index (χ2n) is 4.40. The van der Waals surface area contributed by atoms with Gasteiger partial charge in [-0.25, -0.2) is 0 Å². The number of benzene rings is 1. The molecule has 0 aromatic heterocycles. The van der Waals surface area contributed by atoms with E-state index in [1.54, 1.807) is 6.92 Å². The van der Waals surface area contributed by atoms with Crippen molar-refractivity contribution in [3.63, 3.8) is 0 Å². The van der Waals surface area contributed by atoms with Crippen LogP contribution in [0, 0.1) is 0 Å². The minimum Gasteiger partial charge on any atom is -0.491 e. The number of aliphatic hydroxyl groups is 1. The third kappa shape index (κ3) is 5.39. The maximum atomic E-state index is 9.18. The van der Waals surface area contributed by atoms with Gasteiger partial charge < -0.3 is 15.2 Å². The molecule has 0 aliphatic heterocycles. The first kappa shape index (κ1) is 14.3. The molecule has 0 amide bonds. The van der Waals surface area contributed by atoms with E-state index < -0.39 is 0 Å². The van der Waals surface area contributed by atoms with Gasteiger partial charge in [0.15, 0.2) is 0 Å². The zero-order valence-electron chi connectivity index (χ0n) is 10.5. The first-order valence-corrected chi connectivity index (χ1v) is 6.20. The summed E-state index contributed by atoms with van der Waals surface area (Å²) in [6, 6.07) is 5.58. The van der Waals surface area contributed by atoms with Gasteiger partial charge in [-0.05, 0) is 39.0 Å². The van der Waals surface area contributed by atoms with Crippen LogP contribution < -0.4 is 10.1 Å². The number of nitrogens with one attached hydrogen (secondary N) is 1. The van der Waals surface area contributed by atoms with E-state index in [-0.39, 0.29) is 12.2 Å². The van der Waals surface area contributed by atoms with Crippen LogP contribution in [0.2, 0.25) is 5.02 Å². The van der Waals surface area contributed by atoms with Crippen LogP contribution in [0.15, 0.2) is 18.2 Å². The van der Waals surface area contributed by atoms with E-state index in [9.17, 15) is 5.11 Å². The second kappa shape index (κ2) is 6.84. The highest BCUT2D eigenvalue weighted by Crippen LogP contribution is 2.23. The van der Waals surface area contributed by atoms with Gasteiger partial charge in [-0.3, -0.25) is 0 Å². The van der Waals surface area contributed by atoms with E-state index in [1.165, 1.54) is 0 Å². The Morgan fingerprint density at radius 1 is 1.35 bits per heavy atom. The van der Waals surface area contributed by atoms with E-state index in [1.807, 2.05) is 32.0 Å². The molecule has 17 heavy (non-hydrogen) atoms. The average molecular weight is 258 g/mol. The molecule has 0 saturated heterocycles. The summed E-state index contributed by atoms with van der Waals surface area (Å²) in [4.78, 5) is 0. The van der Waals surface area contributed by atoms with Crippen molar-refractivity contribution in [2.45, 2.75) is 39.5 Å². The molecular formula is C13H20ClNO2. The van der Waals surface area contributed by atoms with E-state index in [0.29, 0.717) is 18.1 Å². The normalized spacial score (nSPS) is 12.8. The van der Waals surface area contributed by atoms with Gasteiger partial charge in [0.2, 0.25) is 0 Å². The first-order valence-electron chi connectivity index (χ1n) is 5.83. The molecule has 0 saturated carbocycles. The molecule has 0 spiro atoms. The molecule has 0 aliphatic rings. The summed E-state index contributed by atoms with van der Waals surface area (Å²) in [6.45, 7) is 6.90. The Morgan fingerprint density at radius 3 is 2.65 bits per heavy atom. The molecule has 1 aromatic rings. The molecular weight excluding hydrogens is 238 g/mol. The van der Waals surface area contributed by atoms with Crippen molar-refractivity contribution in [1.82, 2.24) is 5.32 Å². The van der Waals surface area contributed by atoms with Crippen molar-refractivity contribution >= 4 is 11.6 Å². The fourth-order valence-electron chi connectivity index (χ4n) is 1.47. The van der Waals surface area contributed by atoms with Gasteiger partial charge in [0, 0.05) is 23.7 Å². The van der Waals surface area contributed by atoms with E-state index >= 15 is 0 Å². The Bertz CT molecular complexity index is 353. The predicted octanol–water partition coefficient (Wildman–Crippen LogP) is 2.60. The van der Waals surface area contributed by atoms with Crippen LogP contribution >= 0.6 is 11.6 Å². The summed E-state index contributed by atoms with van der Waals surface area (Å²) < 4.78 is 5.70. The molecule has 0 bridgehead atoms. The predicted molar refractivity (Wildman–Crippen MR) is 70.6 cm³/mol. The monoisotopic (exact) mass is 257 g/mol. The van der Waals surface area contributed by atoms with Gasteiger partial charge in [-0.1, -0.05) is 11.6 Å². The topological polar surface area (TPSA) is 41.5 Å². The highest BCUT2D eigenvalue weighted by Gasteiger charge is 2.07. The number of ether oxygens (including phenoxy) is 1. The summed E-state index contributed by atoms with van der Waals surface area (Å²) in [5, 5.41) is 13.0. The summed E-state index contributed by atoms with van der Waals surface area (Å²) in [5.74, 6) is 0.836. The van der Waals surface area contributed by atoms with Crippen LogP contribution in [0.1, 0.15) is 26.3 Å². The smallest absolute Gasteiger partial charge is 0.124 e. The van der Waals surface area contributed by atoms with Crippen molar-refractivity contribution in [2.24, 2.45) is 0 Å². The van der Waals surface area contributed by atoms with Crippen LogP contribution in [-0.4, -0.2) is 23.9 Å². The molecule has 1 atom stereocenters. The van der Waals surface area contributed by atoms with E-state index in [0.717, 1.165) is 11.3 Å². The molecule has 0 heterocycles. The molecule has 0 radical (unpaired) electrons. The molecule has 1 aromatic carbocycles. The van der Waals surface area contributed by atoms with Gasteiger partial charge in [0.25, 0.3) is 0 Å². The van der Waals surface area contributed by atoms with Gasteiger partial charge in [-0.15, -0.1) is 0 Å². The lowest BCUT2D eigenvalue weighted by atomic mass is 10.2.